The summed E-state index contributed by atoms with van der Waals surface area (Å²) in [6.07, 6.45) is 5.48. The van der Waals surface area contributed by atoms with Gasteiger partial charge >= 0.3 is 0 Å². The monoisotopic (exact) mass is 260 g/mol. The van der Waals surface area contributed by atoms with Crippen LogP contribution in [0.15, 0.2) is 42.7 Å². The number of hydrogen-bond acceptors (Lipinski definition) is 2. The molecule has 0 amide bonds. The lowest BCUT2D eigenvalue weighted by molar-refractivity contribution is 0.651. The second-order valence-electron chi connectivity index (χ2n) is 4.51. The molecule has 0 fully saturated rings. The summed E-state index contributed by atoms with van der Waals surface area (Å²) in [5.41, 5.74) is 9.63. The molecule has 1 aromatic heterocycles. The van der Waals surface area contributed by atoms with Gasteiger partial charge in [0.15, 0.2) is 0 Å². The Morgan fingerprint density at radius 3 is 2.61 bits per heavy atom. The van der Waals surface area contributed by atoms with E-state index in [1.54, 1.807) is 0 Å². The summed E-state index contributed by atoms with van der Waals surface area (Å²) < 4.78 is 0. The number of nitrogens with two attached hydrogens (primary N) is 1. The SMILES string of the molecule is Cc1ccc(C(N)CCc2ccncc2)cc1Cl. The van der Waals surface area contributed by atoms with Gasteiger partial charge in [0.25, 0.3) is 0 Å². The van der Waals surface area contributed by atoms with Crippen molar-refractivity contribution in [3.63, 3.8) is 0 Å². The summed E-state index contributed by atoms with van der Waals surface area (Å²) in [5, 5.41) is 0.784. The molecule has 2 rings (SSSR count). The molecule has 0 radical (unpaired) electrons. The number of aryl methyl sites for hydroxylation is 2. The average molecular weight is 261 g/mol. The highest BCUT2D eigenvalue weighted by atomic mass is 35.5. The third-order valence-corrected chi connectivity index (χ3v) is 3.52. The van der Waals surface area contributed by atoms with E-state index in [0.717, 1.165) is 29.0 Å². The third-order valence-electron chi connectivity index (χ3n) is 3.12. The van der Waals surface area contributed by atoms with Crippen molar-refractivity contribution in [2.75, 3.05) is 0 Å². The molecule has 18 heavy (non-hydrogen) atoms. The number of aromatic nitrogens is 1. The quantitative estimate of drug-likeness (QED) is 0.911. The van der Waals surface area contributed by atoms with Crippen LogP contribution in [0.1, 0.15) is 29.2 Å². The first kappa shape index (κ1) is 13.1. The van der Waals surface area contributed by atoms with Crippen molar-refractivity contribution in [3.05, 3.63) is 64.4 Å². The standard InChI is InChI=1S/C15H17ClN2/c1-11-2-4-13(10-14(11)16)15(17)5-3-12-6-8-18-9-7-12/h2,4,6-10,15H,3,5,17H2,1H3. The fourth-order valence-electron chi connectivity index (χ4n) is 1.88. The fourth-order valence-corrected chi connectivity index (χ4v) is 2.07. The van der Waals surface area contributed by atoms with E-state index in [2.05, 4.69) is 11.1 Å². The van der Waals surface area contributed by atoms with Crippen molar-refractivity contribution >= 4 is 11.6 Å². The van der Waals surface area contributed by atoms with Crippen molar-refractivity contribution in [1.29, 1.82) is 0 Å². The Kier molecular flexibility index (Phi) is 4.34. The van der Waals surface area contributed by atoms with Crippen LogP contribution in [0.2, 0.25) is 5.02 Å². The van der Waals surface area contributed by atoms with Crippen LogP contribution in [0.25, 0.3) is 0 Å². The molecule has 0 aliphatic rings. The molecule has 0 aliphatic heterocycles. The molecule has 0 saturated heterocycles. The minimum absolute atomic E-state index is 0.0243. The first-order valence-electron chi connectivity index (χ1n) is 6.07. The maximum absolute atomic E-state index is 6.19. The predicted octanol–water partition coefficient (Wildman–Crippen LogP) is 3.68. The zero-order chi connectivity index (χ0) is 13.0. The van der Waals surface area contributed by atoms with Crippen molar-refractivity contribution in [3.8, 4) is 0 Å². The highest BCUT2D eigenvalue weighted by Gasteiger charge is 2.07. The molecule has 2 aromatic rings. The second kappa shape index (κ2) is 5.98. The minimum atomic E-state index is 0.0243. The predicted molar refractivity (Wildman–Crippen MR) is 75.7 cm³/mol. The van der Waals surface area contributed by atoms with Crippen molar-refractivity contribution in [2.45, 2.75) is 25.8 Å². The van der Waals surface area contributed by atoms with Gasteiger partial charge < -0.3 is 5.73 Å². The first-order chi connectivity index (χ1) is 8.66. The van der Waals surface area contributed by atoms with Gasteiger partial charge in [-0.15, -0.1) is 0 Å². The molecule has 0 bridgehead atoms. The van der Waals surface area contributed by atoms with Crippen LogP contribution in [0.4, 0.5) is 0 Å². The summed E-state index contributed by atoms with van der Waals surface area (Å²) in [6, 6.07) is 10.1. The van der Waals surface area contributed by atoms with Gasteiger partial charge in [-0.05, 0) is 54.7 Å². The van der Waals surface area contributed by atoms with Crippen LogP contribution in [0.3, 0.4) is 0 Å². The second-order valence-corrected chi connectivity index (χ2v) is 4.92. The van der Waals surface area contributed by atoms with Crippen LogP contribution < -0.4 is 5.73 Å². The van der Waals surface area contributed by atoms with E-state index >= 15 is 0 Å². The van der Waals surface area contributed by atoms with Gasteiger partial charge in [0, 0.05) is 23.5 Å². The van der Waals surface area contributed by atoms with Crippen LogP contribution in [-0.4, -0.2) is 4.98 Å². The Morgan fingerprint density at radius 1 is 1.22 bits per heavy atom. The maximum atomic E-state index is 6.19. The molecule has 94 valence electrons. The highest BCUT2D eigenvalue weighted by Crippen LogP contribution is 2.22. The van der Waals surface area contributed by atoms with Crippen LogP contribution in [0.5, 0.6) is 0 Å². The van der Waals surface area contributed by atoms with E-state index in [1.165, 1.54) is 5.56 Å². The van der Waals surface area contributed by atoms with Crippen LogP contribution in [0, 0.1) is 6.92 Å². The Labute approximate surface area is 113 Å². The van der Waals surface area contributed by atoms with E-state index in [-0.39, 0.29) is 6.04 Å². The zero-order valence-corrected chi connectivity index (χ0v) is 11.2. The van der Waals surface area contributed by atoms with E-state index in [0.29, 0.717) is 0 Å². The number of hydrogen-bond donors (Lipinski definition) is 1. The summed E-state index contributed by atoms with van der Waals surface area (Å²) in [5.74, 6) is 0. The molecular weight excluding hydrogens is 244 g/mol. The minimum Gasteiger partial charge on any atom is -0.324 e. The van der Waals surface area contributed by atoms with Gasteiger partial charge in [0.2, 0.25) is 0 Å². The number of halogens is 1. The molecule has 1 atom stereocenters. The van der Waals surface area contributed by atoms with Gasteiger partial charge in [0.05, 0.1) is 0 Å². The summed E-state index contributed by atoms with van der Waals surface area (Å²) in [6.45, 7) is 1.99. The van der Waals surface area contributed by atoms with E-state index in [1.807, 2.05) is 43.6 Å². The summed E-state index contributed by atoms with van der Waals surface area (Å²) >= 11 is 6.11. The number of rotatable bonds is 4. The summed E-state index contributed by atoms with van der Waals surface area (Å²) in [4.78, 5) is 4.00. The molecule has 0 aliphatic carbocycles. The number of nitrogens with zero attached hydrogens (tertiary/aromatic N) is 1. The maximum Gasteiger partial charge on any atom is 0.0438 e. The summed E-state index contributed by atoms with van der Waals surface area (Å²) in [7, 11) is 0. The van der Waals surface area contributed by atoms with Crippen molar-refractivity contribution in [1.82, 2.24) is 4.98 Å². The molecule has 1 heterocycles. The molecular formula is C15H17ClN2. The molecule has 0 spiro atoms. The van der Waals surface area contributed by atoms with Crippen molar-refractivity contribution in [2.24, 2.45) is 5.73 Å². The lowest BCUT2D eigenvalue weighted by atomic mass is 9.99. The van der Waals surface area contributed by atoms with Gasteiger partial charge in [-0.25, -0.2) is 0 Å². The molecule has 1 unspecified atom stereocenters. The Morgan fingerprint density at radius 2 is 1.94 bits per heavy atom. The van der Waals surface area contributed by atoms with Crippen LogP contribution in [-0.2, 0) is 6.42 Å². The van der Waals surface area contributed by atoms with Gasteiger partial charge in [-0.2, -0.15) is 0 Å². The molecule has 2 nitrogen and oxygen atoms in total. The average Bonchev–Trinajstić information content (AvgIpc) is 2.40. The molecule has 2 N–H and O–H groups in total. The van der Waals surface area contributed by atoms with E-state index < -0.39 is 0 Å². The van der Waals surface area contributed by atoms with Gasteiger partial charge in [-0.3, -0.25) is 4.98 Å². The van der Waals surface area contributed by atoms with E-state index in [4.69, 9.17) is 17.3 Å². The zero-order valence-electron chi connectivity index (χ0n) is 10.4. The number of pyridine rings is 1. The topological polar surface area (TPSA) is 38.9 Å². The Balaban J connectivity index is 1.99. The lowest BCUT2D eigenvalue weighted by Gasteiger charge is -2.13. The Bertz CT molecular complexity index is 511. The molecule has 3 heteroatoms. The normalized spacial score (nSPS) is 12.4. The smallest absolute Gasteiger partial charge is 0.0438 e. The van der Waals surface area contributed by atoms with Crippen molar-refractivity contribution < 1.29 is 0 Å². The lowest BCUT2D eigenvalue weighted by Crippen LogP contribution is -2.11. The first-order valence-corrected chi connectivity index (χ1v) is 6.45. The number of benzene rings is 1. The third kappa shape index (κ3) is 3.31. The Hall–Kier alpha value is -1.38. The fraction of sp³-hybridized carbons (Fsp3) is 0.267. The van der Waals surface area contributed by atoms with Crippen LogP contribution >= 0.6 is 11.6 Å². The highest BCUT2D eigenvalue weighted by molar-refractivity contribution is 6.31. The van der Waals surface area contributed by atoms with Gasteiger partial charge in [-0.1, -0.05) is 23.7 Å². The van der Waals surface area contributed by atoms with E-state index in [9.17, 15) is 0 Å². The molecule has 1 aromatic carbocycles. The van der Waals surface area contributed by atoms with Gasteiger partial charge in [0.1, 0.15) is 0 Å². The largest absolute Gasteiger partial charge is 0.324 e. The molecule has 0 saturated carbocycles.